The molecule has 5 heteroatoms. The lowest BCUT2D eigenvalue weighted by atomic mass is 10.2. The molecule has 1 heterocycles. The van der Waals surface area contributed by atoms with Crippen molar-refractivity contribution < 1.29 is 0 Å². The summed E-state index contributed by atoms with van der Waals surface area (Å²) in [6.07, 6.45) is 0. The van der Waals surface area contributed by atoms with Gasteiger partial charge < -0.3 is 4.98 Å². The van der Waals surface area contributed by atoms with Gasteiger partial charge in [0.05, 0.1) is 16.6 Å². The Balaban J connectivity index is 2.46. The molecule has 0 saturated heterocycles. The Bertz CT molecular complexity index is 927. The van der Waals surface area contributed by atoms with Crippen LogP contribution in [0.1, 0.15) is 5.56 Å². The van der Waals surface area contributed by atoms with Crippen LogP contribution in [0.5, 0.6) is 0 Å². The maximum Gasteiger partial charge on any atom is 0.266 e. The lowest BCUT2D eigenvalue weighted by molar-refractivity contribution is 0.931. The van der Waals surface area contributed by atoms with Crippen LogP contribution in [0.15, 0.2) is 47.3 Å². The molecule has 0 fully saturated rings. The maximum atomic E-state index is 12.6. The summed E-state index contributed by atoms with van der Waals surface area (Å²) in [7, 11) is 0. The Hall–Kier alpha value is -1.91. The lowest BCUT2D eigenvalue weighted by Crippen LogP contribution is -2.21. The normalized spacial score (nSPS) is 10.9. The minimum absolute atomic E-state index is 0.144. The highest BCUT2D eigenvalue weighted by molar-refractivity contribution is 7.71. The van der Waals surface area contributed by atoms with E-state index in [9.17, 15) is 4.79 Å². The van der Waals surface area contributed by atoms with Crippen molar-refractivity contribution >= 4 is 34.7 Å². The SMILES string of the molecule is Cc1ccc(Cl)cc1-n1c(=S)[nH]c2ccccc2c1=O. The molecule has 0 unspecified atom stereocenters. The van der Waals surface area contributed by atoms with E-state index in [-0.39, 0.29) is 5.56 Å². The number of nitrogens with zero attached hydrogens (tertiary/aromatic N) is 1. The van der Waals surface area contributed by atoms with Crippen LogP contribution in [0.4, 0.5) is 0 Å². The molecule has 3 aromatic rings. The summed E-state index contributed by atoms with van der Waals surface area (Å²) in [5, 5.41) is 1.17. The standard InChI is InChI=1S/C15H11ClN2OS/c1-9-6-7-10(16)8-13(9)18-14(19)11-4-2-3-5-12(11)17-15(18)20/h2-8H,1H3,(H,17,20). The number of fused-ring (bicyclic) bond motifs is 1. The molecule has 0 aliphatic heterocycles. The molecule has 20 heavy (non-hydrogen) atoms. The number of aryl methyl sites for hydroxylation is 1. The summed E-state index contributed by atoms with van der Waals surface area (Å²) in [6, 6.07) is 12.7. The van der Waals surface area contributed by atoms with E-state index in [1.54, 1.807) is 18.2 Å². The van der Waals surface area contributed by atoms with Gasteiger partial charge in [0.25, 0.3) is 5.56 Å². The van der Waals surface area contributed by atoms with E-state index in [1.165, 1.54) is 4.57 Å². The molecule has 0 aliphatic rings. The lowest BCUT2D eigenvalue weighted by Gasteiger charge is -2.11. The molecule has 3 nitrogen and oxygen atoms in total. The van der Waals surface area contributed by atoms with Gasteiger partial charge in [-0.2, -0.15) is 0 Å². The van der Waals surface area contributed by atoms with Gasteiger partial charge in [0.1, 0.15) is 0 Å². The molecule has 0 bridgehead atoms. The third kappa shape index (κ3) is 2.07. The van der Waals surface area contributed by atoms with E-state index >= 15 is 0 Å². The second-order valence-electron chi connectivity index (χ2n) is 4.55. The van der Waals surface area contributed by atoms with Crippen LogP contribution in [-0.4, -0.2) is 9.55 Å². The molecule has 0 spiro atoms. The first-order chi connectivity index (χ1) is 9.58. The molecule has 100 valence electrons. The first-order valence-electron chi connectivity index (χ1n) is 6.08. The highest BCUT2D eigenvalue weighted by atomic mass is 35.5. The second kappa shape index (κ2) is 4.89. The van der Waals surface area contributed by atoms with Gasteiger partial charge in [-0.25, -0.2) is 0 Å². The number of hydrogen-bond acceptors (Lipinski definition) is 2. The Morgan fingerprint density at radius 1 is 1.20 bits per heavy atom. The highest BCUT2D eigenvalue weighted by Crippen LogP contribution is 2.19. The Morgan fingerprint density at radius 3 is 2.75 bits per heavy atom. The fourth-order valence-electron chi connectivity index (χ4n) is 2.20. The van der Waals surface area contributed by atoms with Gasteiger partial charge in [-0.05, 0) is 49.0 Å². The number of nitrogens with one attached hydrogen (secondary N) is 1. The van der Waals surface area contributed by atoms with Gasteiger partial charge >= 0.3 is 0 Å². The zero-order chi connectivity index (χ0) is 14.3. The van der Waals surface area contributed by atoms with Gasteiger partial charge in [0.2, 0.25) is 0 Å². The first-order valence-corrected chi connectivity index (χ1v) is 6.87. The van der Waals surface area contributed by atoms with Crippen molar-refractivity contribution in [2.45, 2.75) is 6.92 Å². The van der Waals surface area contributed by atoms with Crippen molar-refractivity contribution in [2.75, 3.05) is 0 Å². The predicted molar refractivity (Wildman–Crippen MR) is 84.5 cm³/mol. The van der Waals surface area contributed by atoms with Gasteiger partial charge in [0, 0.05) is 5.02 Å². The van der Waals surface area contributed by atoms with Gasteiger partial charge in [-0.15, -0.1) is 0 Å². The summed E-state index contributed by atoms with van der Waals surface area (Å²) in [5.74, 6) is 0. The predicted octanol–water partition coefficient (Wildman–Crippen LogP) is 4.01. The third-order valence-electron chi connectivity index (χ3n) is 3.22. The first kappa shape index (κ1) is 13.1. The number of benzene rings is 2. The molecular weight excluding hydrogens is 292 g/mol. The summed E-state index contributed by atoms with van der Waals surface area (Å²) >= 11 is 11.3. The maximum absolute atomic E-state index is 12.6. The number of halogens is 1. The monoisotopic (exact) mass is 302 g/mol. The molecule has 0 aliphatic carbocycles. The van der Waals surface area contributed by atoms with Crippen LogP contribution in [0, 0.1) is 11.7 Å². The molecule has 1 aromatic heterocycles. The zero-order valence-electron chi connectivity index (χ0n) is 10.7. The van der Waals surface area contributed by atoms with Crippen molar-refractivity contribution in [1.29, 1.82) is 0 Å². The average Bonchev–Trinajstić information content (AvgIpc) is 2.42. The van der Waals surface area contributed by atoms with Crippen LogP contribution >= 0.6 is 23.8 Å². The Morgan fingerprint density at radius 2 is 1.95 bits per heavy atom. The molecular formula is C15H11ClN2OS. The largest absolute Gasteiger partial charge is 0.331 e. The van der Waals surface area contributed by atoms with Crippen LogP contribution in [0.3, 0.4) is 0 Å². The van der Waals surface area contributed by atoms with Gasteiger partial charge in [0.15, 0.2) is 4.77 Å². The molecule has 0 amide bonds. The fourth-order valence-corrected chi connectivity index (χ4v) is 2.66. The number of aromatic nitrogens is 2. The van der Waals surface area contributed by atoms with E-state index in [4.69, 9.17) is 23.8 Å². The number of aromatic amines is 1. The fraction of sp³-hybridized carbons (Fsp3) is 0.0667. The quantitative estimate of drug-likeness (QED) is 0.690. The van der Waals surface area contributed by atoms with Crippen molar-refractivity contribution in [2.24, 2.45) is 0 Å². The molecule has 0 radical (unpaired) electrons. The van der Waals surface area contributed by atoms with Crippen LogP contribution in [0.25, 0.3) is 16.6 Å². The number of H-pyrrole nitrogens is 1. The second-order valence-corrected chi connectivity index (χ2v) is 5.37. The van der Waals surface area contributed by atoms with Crippen LogP contribution in [-0.2, 0) is 0 Å². The summed E-state index contributed by atoms with van der Waals surface area (Å²) in [4.78, 5) is 15.7. The minimum atomic E-state index is -0.144. The third-order valence-corrected chi connectivity index (χ3v) is 3.74. The van der Waals surface area contributed by atoms with Crippen LogP contribution < -0.4 is 5.56 Å². The number of hydrogen-bond donors (Lipinski definition) is 1. The molecule has 0 saturated carbocycles. The summed E-state index contributed by atoms with van der Waals surface area (Å²) < 4.78 is 1.85. The van der Waals surface area contributed by atoms with E-state index in [2.05, 4.69) is 4.98 Å². The van der Waals surface area contributed by atoms with E-state index in [0.29, 0.717) is 20.9 Å². The Labute approximate surface area is 125 Å². The van der Waals surface area contributed by atoms with Crippen molar-refractivity contribution in [3.8, 4) is 5.69 Å². The highest BCUT2D eigenvalue weighted by Gasteiger charge is 2.09. The van der Waals surface area contributed by atoms with Crippen LogP contribution in [0.2, 0.25) is 5.02 Å². The van der Waals surface area contributed by atoms with Crippen molar-refractivity contribution in [3.63, 3.8) is 0 Å². The molecule has 2 aromatic carbocycles. The van der Waals surface area contributed by atoms with Gasteiger partial charge in [-0.3, -0.25) is 9.36 Å². The Kier molecular flexibility index (Phi) is 3.20. The number of para-hydroxylation sites is 1. The van der Waals surface area contributed by atoms with Gasteiger partial charge in [-0.1, -0.05) is 29.8 Å². The molecule has 1 N–H and O–H groups in total. The number of rotatable bonds is 1. The van der Waals surface area contributed by atoms with E-state index < -0.39 is 0 Å². The molecule has 0 atom stereocenters. The topological polar surface area (TPSA) is 37.8 Å². The average molecular weight is 303 g/mol. The van der Waals surface area contributed by atoms with E-state index in [1.807, 2.05) is 31.2 Å². The minimum Gasteiger partial charge on any atom is -0.331 e. The van der Waals surface area contributed by atoms with E-state index in [0.717, 1.165) is 11.1 Å². The van der Waals surface area contributed by atoms with Crippen molar-refractivity contribution in [3.05, 3.63) is 68.2 Å². The molecule has 3 rings (SSSR count). The summed E-state index contributed by atoms with van der Waals surface area (Å²) in [6.45, 7) is 1.92. The zero-order valence-corrected chi connectivity index (χ0v) is 12.3. The smallest absolute Gasteiger partial charge is 0.266 e. The summed E-state index contributed by atoms with van der Waals surface area (Å²) in [5.41, 5.74) is 2.23. The van der Waals surface area contributed by atoms with Crippen molar-refractivity contribution in [1.82, 2.24) is 9.55 Å².